The van der Waals surface area contributed by atoms with Gasteiger partial charge in [-0.05, 0) is 17.7 Å². The molecule has 2 heterocycles. The summed E-state index contributed by atoms with van der Waals surface area (Å²) in [5.41, 5.74) is 7.59. The number of carbonyl (C=O) groups excluding carboxylic acids is 1. The van der Waals surface area contributed by atoms with Gasteiger partial charge in [0.05, 0.1) is 6.20 Å². The van der Waals surface area contributed by atoms with Gasteiger partial charge in [-0.1, -0.05) is 23.7 Å². The predicted octanol–water partition coefficient (Wildman–Crippen LogP) is 1.79. The lowest BCUT2D eigenvalue weighted by Gasteiger charge is -2.15. The molecule has 0 radical (unpaired) electrons. The zero-order valence-electron chi connectivity index (χ0n) is 10.1. The number of rotatable bonds is 2. The monoisotopic (exact) mass is 276 g/mol. The molecule has 1 atom stereocenters. The van der Waals surface area contributed by atoms with E-state index >= 15 is 0 Å². The molecular formula is C13H13ClN4O. The highest BCUT2D eigenvalue weighted by Gasteiger charge is 2.30. The molecular weight excluding hydrogens is 264 g/mol. The molecule has 0 saturated carbocycles. The Kier molecular flexibility index (Phi) is 3.00. The number of halogens is 1. The zero-order chi connectivity index (χ0) is 13.4. The minimum absolute atomic E-state index is 0.0139. The lowest BCUT2D eigenvalue weighted by atomic mass is 10.1. The summed E-state index contributed by atoms with van der Waals surface area (Å²) in [6, 6.07) is 7.33. The molecule has 1 unspecified atom stereocenters. The molecule has 0 bridgehead atoms. The normalized spacial score (nSPS) is 19.2. The first-order valence-electron chi connectivity index (χ1n) is 6.00. The summed E-state index contributed by atoms with van der Waals surface area (Å²) in [5, 5.41) is 7.55. The van der Waals surface area contributed by atoms with Crippen molar-refractivity contribution in [3.05, 3.63) is 35.5 Å². The molecule has 1 aliphatic heterocycles. The minimum Gasteiger partial charge on any atom is -0.326 e. The third kappa shape index (κ3) is 2.22. The zero-order valence-corrected chi connectivity index (χ0v) is 10.9. The van der Waals surface area contributed by atoms with Crippen LogP contribution in [0.2, 0.25) is 5.02 Å². The first kappa shape index (κ1) is 12.2. The van der Waals surface area contributed by atoms with Crippen molar-refractivity contribution in [3.8, 4) is 11.1 Å². The maximum Gasteiger partial charge on any atom is 0.229 e. The fraction of sp³-hybridized carbons (Fsp3) is 0.231. The predicted molar refractivity (Wildman–Crippen MR) is 74.0 cm³/mol. The van der Waals surface area contributed by atoms with Crippen molar-refractivity contribution in [1.29, 1.82) is 0 Å². The number of anilines is 1. The summed E-state index contributed by atoms with van der Waals surface area (Å²) < 4.78 is 0. The second kappa shape index (κ2) is 4.68. The van der Waals surface area contributed by atoms with Crippen LogP contribution in [-0.2, 0) is 4.79 Å². The van der Waals surface area contributed by atoms with Crippen LogP contribution in [0.1, 0.15) is 6.42 Å². The van der Waals surface area contributed by atoms with Gasteiger partial charge in [0.25, 0.3) is 0 Å². The summed E-state index contributed by atoms with van der Waals surface area (Å²) in [7, 11) is 0. The standard InChI is InChI=1S/C13H13ClN4O/c14-9-3-1-2-8(4-9)11-6-16-17-13(11)18-7-10(15)5-12(18)19/h1-4,6,10H,5,7,15H2,(H,16,17). The molecule has 1 aliphatic rings. The summed E-state index contributed by atoms with van der Waals surface area (Å²) >= 11 is 5.99. The van der Waals surface area contributed by atoms with E-state index in [1.54, 1.807) is 11.1 Å². The fourth-order valence-electron chi connectivity index (χ4n) is 2.30. The largest absolute Gasteiger partial charge is 0.326 e. The van der Waals surface area contributed by atoms with E-state index in [9.17, 15) is 4.79 Å². The quantitative estimate of drug-likeness (QED) is 0.878. The first-order valence-corrected chi connectivity index (χ1v) is 6.38. The number of hydrogen-bond donors (Lipinski definition) is 2. The molecule has 1 aromatic heterocycles. The van der Waals surface area contributed by atoms with Gasteiger partial charge in [0, 0.05) is 29.6 Å². The lowest BCUT2D eigenvalue weighted by Crippen LogP contribution is -2.28. The number of amides is 1. The number of nitrogens with two attached hydrogens (primary N) is 1. The average Bonchev–Trinajstić information content (AvgIpc) is 2.95. The number of nitrogens with zero attached hydrogens (tertiary/aromatic N) is 2. The van der Waals surface area contributed by atoms with Crippen LogP contribution in [0, 0.1) is 0 Å². The molecule has 1 aromatic carbocycles. The SMILES string of the molecule is NC1CC(=O)N(c2[nH]ncc2-c2cccc(Cl)c2)C1. The van der Waals surface area contributed by atoms with E-state index in [1.807, 2.05) is 24.3 Å². The summed E-state index contributed by atoms with van der Waals surface area (Å²) in [6.45, 7) is 0.509. The van der Waals surface area contributed by atoms with Crippen molar-refractivity contribution < 1.29 is 4.79 Å². The smallest absolute Gasteiger partial charge is 0.229 e. The molecule has 1 saturated heterocycles. The van der Waals surface area contributed by atoms with Gasteiger partial charge >= 0.3 is 0 Å². The lowest BCUT2D eigenvalue weighted by molar-refractivity contribution is -0.117. The Morgan fingerprint density at radius 2 is 2.32 bits per heavy atom. The van der Waals surface area contributed by atoms with Crippen LogP contribution < -0.4 is 10.6 Å². The highest BCUT2D eigenvalue weighted by Crippen LogP contribution is 2.32. The van der Waals surface area contributed by atoms with Crippen LogP contribution in [0.25, 0.3) is 11.1 Å². The molecule has 6 heteroatoms. The molecule has 5 nitrogen and oxygen atoms in total. The number of nitrogens with one attached hydrogen (secondary N) is 1. The Bertz CT molecular complexity index is 625. The van der Waals surface area contributed by atoms with Crippen molar-refractivity contribution >= 4 is 23.3 Å². The Hall–Kier alpha value is -1.85. The van der Waals surface area contributed by atoms with Gasteiger partial charge in [0.2, 0.25) is 5.91 Å². The van der Waals surface area contributed by atoms with E-state index < -0.39 is 0 Å². The average molecular weight is 277 g/mol. The number of carbonyl (C=O) groups is 1. The van der Waals surface area contributed by atoms with Crippen molar-refractivity contribution in [2.75, 3.05) is 11.4 Å². The molecule has 0 aliphatic carbocycles. The number of hydrogen-bond acceptors (Lipinski definition) is 3. The fourth-order valence-corrected chi connectivity index (χ4v) is 2.49. The maximum absolute atomic E-state index is 11.9. The second-order valence-electron chi connectivity index (χ2n) is 4.61. The van der Waals surface area contributed by atoms with Crippen LogP contribution in [0.3, 0.4) is 0 Å². The second-order valence-corrected chi connectivity index (χ2v) is 5.05. The van der Waals surface area contributed by atoms with Crippen LogP contribution >= 0.6 is 11.6 Å². The Labute approximate surface area is 115 Å². The Balaban J connectivity index is 2.01. The van der Waals surface area contributed by atoms with Gasteiger partial charge in [-0.2, -0.15) is 5.10 Å². The van der Waals surface area contributed by atoms with Gasteiger partial charge in [-0.3, -0.25) is 14.8 Å². The molecule has 19 heavy (non-hydrogen) atoms. The molecule has 98 valence electrons. The molecule has 0 spiro atoms. The van der Waals surface area contributed by atoms with Crippen LogP contribution in [0.5, 0.6) is 0 Å². The summed E-state index contributed by atoms with van der Waals surface area (Å²) in [5.74, 6) is 0.695. The maximum atomic E-state index is 11.9. The van der Waals surface area contributed by atoms with Crippen LogP contribution in [-0.4, -0.2) is 28.7 Å². The number of aromatic amines is 1. The summed E-state index contributed by atoms with van der Waals surface area (Å²) in [6.07, 6.45) is 2.06. The van der Waals surface area contributed by atoms with Crippen molar-refractivity contribution in [2.45, 2.75) is 12.5 Å². The number of H-pyrrole nitrogens is 1. The topological polar surface area (TPSA) is 75.0 Å². The van der Waals surface area contributed by atoms with Gasteiger partial charge in [0.15, 0.2) is 0 Å². The third-order valence-corrected chi connectivity index (χ3v) is 3.41. The summed E-state index contributed by atoms with van der Waals surface area (Å²) in [4.78, 5) is 13.6. The van der Waals surface area contributed by atoms with Gasteiger partial charge < -0.3 is 5.73 Å². The Morgan fingerprint density at radius 1 is 1.47 bits per heavy atom. The van der Waals surface area contributed by atoms with Crippen molar-refractivity contribution in [2.24, 2.45) is 5.73 Å². The van der Waals surface area contributed by atoms with Gasteiger partial charge in [-0.15, -0.1) is 0 Å². The molecule has 2 aromatic rings. The van der Waals surface area contributed by atoms with E-state index in [0.717, 1.165) is 11.1 Å². The number of aromatic nitrogens is 2. The molecule has 1 amide bonds. The minimum atomic E-state index is -0.122. The van der Waals surface area contributed by atoms with E-state index in [4.69, 9.17) is 17.3 Å². The van der Waals surface area contributed by atoms with Gasteiger partial charge in [0.1, 0.15) is 5.82 Å². The van der Waals surface area contributed by atoms with Crippen LogP contribution in [0.15, 0.2) is 30.5 Å². The van der Waals surface area contributed by atoms with Crippen molar-refractivity contribution in [1.82, 2.24) is 10.2 Å². The highest BCUT2D eigenvalue weighted by atomic mass is 35.5. The third-order valence-electron chi connectivity index (χ3n) is 3.18. The van der Waals surface area contributed by atoms with E-state index in [0.29, 0.717) is 23.8 Å². The van der Waals surface area contributed by atoms with E-state index in [-0.39, 0.29) is 11.9 Å². The van der Waals surface area contributed by atoms with E-state index in [1.165, 1.54) is 0 Å². The van der Waals surface area contributed by atoms with Crippen LogP contribution in [0.4, 0.5) is 5.82 Å². The highest BCUT2D eigenvalue weighted by molar-refractivity contribution is 6.30. The van der Waals surface area contributed by atoms with E-state index in [2.05, 4.69) is 10.2 Å². The molecule has 3 N–H and O–H groups in total. The van der Waals surface area contributed by atoms with Gasteiger partial charge in [-0.25, -0.2) is 0 Å². The van der Waals surface area contributed by atoms with Crippen molar-refractivity contribution in [3.63, 3.8) is 0 Å². The molecule has 1 fully saturated rings. The Morgan fingerprint density at radius 3 is 3.00 bits per heavy atom. The first-order chi connectivity index (χ1) is 9.15. The number of benzene rings is 1. The molecule has 3 rings (SSSR count).